The molecule has 1 aliphatic heterocycles. The molecule has 1 aromatic heterocycles. The van der Waals surface area contributed by atoms with E-state index in [9.17, 15) is 22.4 Å². The van der Waals surface area contributed by atoms with E-state index in [0.29, 0.717) is 18.7 Å². The molecular formula is C25H25FN4O4S. The summed E-state index contributed by atoms with van der Waals surface area (Å²) in [6, 6.07) is 12.8. The number of pyridine rings is 1. The van der Waals surface area contributed by atoms with E-state index in [1.165, 1.54) is 34.8 Å². The van der Waals surface area contributed by atoms with Crippen LogP contribution in [0.4, 0.5) is 15.8 Å². The highest BCUT2D eigenvalue weighted by Gasteiger charge is 2.27. The van der Waals surface area contributed by atoms with E-state index < -0.39 is 27.7 Å². The zero-order valence-electron chi connectivity index (χ0n) is 19.1. The van der Waals surface area contributed by atoms with Gasteiger partial charge in [0, 0.05) is 24.8 Å². The van der Waals surface area contributed by atoms with Crippen molar-refractivity contribution in [2.75, 3.05) is 23.7 Å². The maximum Gasteiger partial charge on any atom is 0.274 e. The minimum absolute atomic E-state index is 0.0260. The third-order valence-electron chi connectivity index (χ3n) is 5.78. The van der Waals surface area contributed by atoms with Crippen LogP contribution in [0.15, 0.2) is 65.7 Å². The van der Waals surface area contributed by atoms with E-state index >= 15 is 0 Å². The lowest BCUT2D eigenvalue weighted by atomic mass is 10.1. The Kier molecular flexibility index (Phi) is 7.23. The quantitative estimate of drug-likeness (QED) is 0.532. The van der Waals surface area contributed by atoms with Crippen LogP contribution in [-0.4, -0.2) is 42.6 Å². The van der Waals surface area contributed by atoms with E-state index in [1.807, 2.05) is 0 Å². The van der Waals surface area contributed by atoms with Gasteiger partial charge in [-0.1, -0.05) is 18.6 Å². The highest BCUT2D eigenvalue weighted by molar-refractivity contribution is 7.89. The number of carbonyl (C=O) groups excluding carboxylic acids is 2. The number of aryl methyl sites for hydroxylation is 1. The highest BCUT2D eigenvalue weighted by Crippen LogP contribution is 2.26. The number of hydrogen-bond donors (Lipinski definition) is 2. The number of nitrogens with one attached hydrogen (secondary N) is 2. The summed E-state index contributed by atoms with van der Waals surface area (Å²) >= 11 is 0. The number of sulfonamides is 1. The van der Waals surface area contributed by atoms with Crippen molar-refractivity contribution in [3.63, 3.8) is 0 Å². The summed E-state index contributed by atoms with van der Waals surface area (Å²) in [6.07, 6.45) is 4.05. The fourth-order valence-electron chi connectivity index (χ4n) is 3.86. The predicted octanol–water partition coefficient (Wildman–Crippen LogP) is 4.21. The van der Waals surface area contributed by atoms with Crippen LogP contribution in [0.25, 0.3) is 0 Å². The molecule has 0 bridgehead atoms. The molecule has 2 heterocycles. The molecule has 3 aromatic rings. The van der Waals surface area contributed by atoms with Crippen LogP contribution in [0, 0.1) is 12.7 Å². The highest BCUT2D eigenvalue weighted by atomic mass is 32.2. The van der Waals surface area contributed by atoms with E-state index in [1.54, 1.807) is 25.1 Å². The molecule has 2 N–H and O–H groups in total. The van der Waals surface area contributed by atoms with Crippen molar-refractivity contribution in [1.82, 2.24) is 9.29 Å². The van der Waals surface area contributed by atoms with Gasteiger partial charge in [-0.3, -0.25) is 14.6 Å². The number of hydrogen-bond acceptors (Lipinski definition) is 5. The number of piperidine rings is 1. The standard InChI is InChI=1S/C25H25FN4O4S/c1-17-8-10-19(35(33,34)30-13-5-2-6-14-30)16-20(17)24(31)29-23-15-18(26)9-11-21(23)28-25(32)22-7-3-4-12-27-22/h3-4,7-12,15-16H,2,5-6,13-14H2,1H3,(H,28,32)(H,29,31). The average Bonchev–Trinajstić information content (AvgIpc) is 2.86. The summed E-state index contributed by atoms with van der Waals surface area (Å²) in [6.45, 7) is 2.57. The number of halogens is 1. The van der Waals surface area contributed by atoms with Gasteiger partial charge < -0.3 is 10.6 Å². The molecule has 1 fully saturated rings. The fourth-order valence-corrected chi connectivity index (χ4v) is 5.41. The third kappa shape index (κ3) is 5.55. The average molecular weight is 497 g/mol. The predicted molar refractivity (Wildman–Crippen MR) is 130 cm³/mol. The van der Waals surface area contributed by atoms with Crippen LogP contribution in [-0.2, 0) is 10.0 Å². The molecule has 8 nitrogen and oxygen atoms in total. The van der Waals surface area contributed by atoms with Crippen molar-refractivity contribution in [2.24, 2.45) is 0 Å². The molecule has 35 heavy (non-hydrogen) atoms. The molecule has 2 aromatic carbocycles. The molecule has 1 aliphatic rings. The minimum atomic E-state index is -3.74. The van der Waals surface area contributed by atoms with Crippen LogP contribution in [0.3, 0.4) is 0 Å². The first-order valence-electron chi connectivity index (χ1n) is 11.2. The lowest BCUT2D eigenvalue weighted by molar-refractivity contribution is 0.101. The second-order valence-corrected chi connectivity index (χ2v) is 10.2. The van der Waals surface area contributed by atoms with Crippen LogP contribution in [0.5, 0.6) is 0 Å². The van der Waals surface area contributed by atoms with Crippen molar-refractivity contribution >= 4 is 33.2 Å². The molecule has 0 atom stereocenters. The van der Waals surface area contributed by atoms with Crippen molar-refractivity contribution in [1.29, 1.82) is 0 Å². The van der Waals surface area contributed by atoms with E-state index in [4.69, 9.17) is 0 Å². The van der Waals surface area contributed by atoms with Crippen LogP contribution < -0.4 is 10.6 Å². The van der Waals surface area contributed by atoms with Crippen LogP contribution in [0.2, 0.25) is 0 Å². The second kappa shape index (κ2) is 10.3. The zero-order valence-corrected chi connectivity index (χ0v) is 19.9. The Hall–Kier alpha value is -3.63. The van der Waals surface area contributed by atoms with Gasteiger partial charge in [-0.2, -0.15) is 4.31 Å². The van der Waals surface area contributed by atoms with Gasteiger partial charge in [0.05, 0.1) is 16.3 Å². The van der Waals surface area contributed by atoms with Gasteiger partial charge in [0.1, 0.15) is 11.5 Å². The Morgan fingerprint density at radius 3 is 2.37 bits per heavy atom. The summed E-state index contributed by atoms with van der Waals surface area (Å²) in [5, 5.41) is 5.22. The first-order valence-corrected chi connectivity index (χ1v) is 12.6. The molecule has 182 valence electrons. The minimum Gasteiger partial charge on any atom is -0.320 e. The van der Waals surface area contributed by atoms with Gasteiger partial charge in [-0.05, 0) is 67.8 Å². The summed E-state index contributed by atoms with van der Waals surface area (Å²) < 4.78 is 41.6. The Morgan fingerprint density at radius 1 is 0.914 bits per heavy atom. The van der Waals surface area contributed by atoms with Crippen molar-refractivity contribution in [2.45, 2.75) is 31.1 Å². The molecule has 4 rings (SSSR count). The lowest BCUT2D eigenvalue weighted by Crippen LogP contribution is -2.35. The normalized spacial score (nSPS) is 14.3. The van der Waals surface area contributed by atoms with Gasteiger partial charge in [-0.25, -0.2) is 12.8 Å². The fraction of sp³-hybridized carbons (Fsp3) is 0.240. The van der Waals surface area contributed by atoms with Crippen LogP contribution >= 0.6 is 0 Å². The summed E-state index contributed by atoms with van der Waals surface area (Å²) in [5.41, 5.74) is 1.04. The van der Waals surface area contributed by atoms with Gasteiger partial charge in [0.25, 0.3) is 11.8 Å². The van der Waals surface area contributed by atoms with Crippen LogP contribution in [0.1, 0.15) is 45.7 Å². The number of benzene rings is 2. The number of carbonyl (C=O) groups is 2. The topological polar surface area (TPSA) is 108 Å². The Labute approximate surface area is 203 Å². The first-order chi connectivity index (χ1) is 16.8. The molecule has 0 saturated carbocycles. The largest absolute Gasteiger partial charge is 0.320 e. The van der Waals surface area contributed by atoms with Gasteiger partial charge >= 0.3 is 0 Å². The SMILES string of the molecule is Cc1ccc(S(=O)(=O)N2CCCCC2)cc1C(=O)Nc1cc(F)ccc1NC(=O)c1ccccn1. The Morgan fingerprint density at radius 2 is 1.66 bits per heavy atom. The lowest BCUT2D eigenvalue weighted by Gasteiger charge is -2.26. The van der Waals surface area contributed by atoms with Crippen molar-refractivity contribution in [3.8, 4) is 0 Å². The number of rotatable bonds is 6. The summed E-state index contributed by atoms with van der Waals surface area (Å²) in [7, 11) is -3.74. The third-order valence-corrected chi connectivity index (χ3v) is 7.68. The molecule has 2 amide bonds. The van der Waals surface area contributed by atoms with Crippen molar-refractivity contribution in [3.05, 3.63) is 83.4 Å². The zero-order chi connectivity index (χ0) is 25.0. The van der Waals surface area contributed by atoms with Gasteiger partial charge in [0.2, 0.25) is 10.0 Å². The molecule has 1 saturated heterocycles. The second-order valence-electron chi connectivity index (χ2n) is 8.25. The van der Waals surface area contributed by atoms with Crippen molar-refractivity contribution < 1.29 is 22.4 Å². The molecule has 0 spiro atoms. The van der Waals surface area contributed by atoms with Gasteiger partial charge in [-0.15, -0.1) is 0 Å². The van der Waals surface area contributed by atoms with E-state index in [2.05, 4.69) is 15.6 Å². The molecule has 0 aliphatic carbocycles. The number of amides is 2. The monoisotopic (exact) mass is 496 g/mol. The molecule has 0 unspecified atom stereocenters. The summed E-state index contributed by atoms with van der Waals surface area (Å²) in [4.78, 5) is 29.7. The smallest absolute Gasteiger partial charge is 0.274 e. The Bertz CT molecular complexity index is 1360. The number of aromatic nitrogens is 1. The Balaban J connectivity index is 1.60. The maximum absolute atomic E-state index is 14.0. The molecular weight excluding hydrogens is 471 g/mol. The summed E-state index contributed by atoms with van der Waals surface area (Å²) in [5.74, 6) is -1.77. The molecule has 10 heteroatoms. The van der Waals surface area contributed by atoms with Gasteiger partial charge in [0.15, 0.2) is 0 Å². The van der Waals surface area contributed by atoms with E-state index in [-0.39, 0.29) is 27.5 Å². The maximum atomic E-state index is 14.0. The number of anilines is 2. The number of nitrogens with zero attached hydrogens (tertiary/aromatic N) is 2. The molecule has 0 radical (unpaired) electrons. The first kappa shape index (κ1) is 24.5. The van der Waals surface area contributed by atoms with E-state index in [0.717, 1.165) is 31.4 Å².